The number of aryl methyl sites for hydroxylation is 1. The number of aromatic nitrogens is 1. The summed E-state index contributed by atoms with van der Waals surface area (Å²) in [5.74, 6) is -0.424. The van der Waals surface area contributed by atoms with Gasteiger partial charge in [0, 0.05) is 10.9 Å². The molecule has 2 aliphatic rings. The lowest BCUT2D eigenvalue weighted by molar-refractivity contribution is -0.138. The van der Waals surface area contributed by atoms with Gasteiger partial charge in [-0.25, -0.2) is 4.98 Å². The number of nitrogens with zero attached hydrogens (tertiary/aromatic N) is 1. The van der Waals surface area contributed by atoms with E-state index >= 15 is 0 Å². The number of thiazole rings is 1. The molecule has 0 aromatic carbocycles. The second-order valence-corrected chi connectivity index (χ2v) is 6.50. The average molecular weight is 266 g/mol. The number of hydrogen-bond acceptors (Lipinski definition) is 4. The summed E-state index contributed by atoms with van der Waals surface area (Å²) in [7, 11) is 0. The lowest BCUT2D eigenvalue weighted by Gasteiger charge is -2.16. The zero-order chi connectivity index (χ0) is 12.7. The molecule has 1 aromatic rings. The maximum absolute atomic E-state index is 11.1. The predicted octanol–water partition coefficient (Wildman–Crippen LogP) is 2.86. The average Bonchev–Trinajstić information content (AvgIpc) is 2.95. The first-order valence-corrected chi connectivity index (χ1v) is 7.45. The minimum absolute atomic E-state index is 0.382. The van der Waals surface area contributed by atoms with Crippen LogP contribution in [0, 0.1) is 5.92 Å². The van der Waals surface area contributed by atoms with Crippen LogP contribution in [0.15, 0.2) is 0 Å². The second-order valence-electron chi connectivity index (χ2n) is 5.42. The SMILES string of the molecule is CC1CCCC1Nc1nc2c(s1)CCC2C(=O)O. The van der Waals surface area contributed by atoms with E-state index in [1.54, 1.807) is 11.3 Å². The van der Waals surface area contributed by atoms with Crippen molar-refractivity contribution < 1.29 is 9.90 Å². The molecule has 0 saturated heterocycles. The highest BCUT2D eigenvalue weighted by molar-refractivity contribution is 7.15. The van der Waals surface area contributed by atoms with Crippen LogP contribution in [0.1, 0.15) is 49.1 Å². The summed E-state index contributed by atoms with van der Waals surface area (Å²) >= 11 is 1.65. The zero-order valence-electron chi connectivity index (χ0n) is 10.5. The summed E-state index contributed by atoms with van der Waals surface area (Å²) in [5.41, 5.74) is 0.806. The number of fused-ring (bicyclic) bond motifs is 1. The monoisotopic (exact) mass is 266 g/mol. The van der Waals surface area contributed by atoms with Gasteiger partial charge in [0.25, 0.3) is 0 Å². The molecule has 3 rings (SSSR count). The Bertz CT molecular complexity index is 472. The van der Waals surface area contributed by atoms with E-state index in [-0.39, 0.29) is 5.92 Å². The third kappa shape index (κ3) is 2.00. The first kappa shape index (κ1) is 12.0. The van der Waals surface area contributed by atoms with Crippen molar-refractivity contribution in [2.45, 2.75) is 51.0 Å². The van der Waals surface area contributed by atoms with Gasteiger partial charge in [-0.05, 0) is 31.6 Å². The summed E-state index contributed by atoms with van der Waals surface area (Å²) in [6.45, 7) is 2.27. The Hall–Kier alpha value is -1.10. The Balaban J connectivity index is 1.76. The third-order valence-corrected chi connectivity index (χ3v) is 5.25. The topological polar surface area (TPSA) is 62.2 Å². The van der Waals surface area contributed by atoms with Gasteiger partial charge in [-0.3, -0.25) is 4.79 Å². The number of nitrogens with one attached hydrogen (secondary N) is 1. The molecule has 18 heavy (non-hydrogen) atoms. The Morgan fingerprint density at radius 2 is 2.28 bits per heavy atom. The Labute approximate surface area is 110 Å². The maximum Gasteiger partial charge on any atom is 0.312 e. The van der Waals surface area contributed by atoms with Crippen molar-refractivity contribution in [1.82, 2.24) is 4.98 Å². The van der Waals surface area contributed by atoms with Gasteiger partial charge >= 0.3 is 5.97 Å². The largest absolute Gasteiger partial charge is 0.481 e. The number of hydrogen-bond donors (Lipinski definition) is 2. The van der Waals surface area contributed by atoms with Crippen LogP contribution in [0.5, 0.6) is 0 Å². The van der Waals surface area contributed by atoms with E-state index in [1.807, 2.05) is 0 Å². The molecule has 0 aliphatic heterocycles. The number of carbonyl (C=O) groups is 1. The fraction of sp³-hybridized carbons (Fsp3) is 0.692. The van der Waals surface area contributed by atoms with E-state index in [1.165, 1.54) is 19.3 Å². The molecule has 0 spiro atoms. The highest BCUT2D eigenvalue weighted by Crippen LogP contribution is 2.39. The van der Waals surface area contributed by atoms with Gasteiger partial charge in [-0.15, -0.1) is 11.3 Å². The van der Waals surface area contributed by atoms with E-state index in [2.05, 4.69) is 17.2 Å². The number of carboxylic acid groups (broad SMARTS) is 1. The molecule has 0 bridgehead atoms. The van der Waals surface area contributed by atoms with Crippen molar-refractivity contribution in [3.63, 3.8) is 0 Å². The van der Waals surface area contributed by atoms with Crippen molar-refractivity contribution in [3.05, 3.63) is 10.6 Å². The van der Waals surface area contributed by atoms with Gasteiger partial charge in [-0.1, -0.05) is 13.3 Å². The van der Waals surface area contributed by atoms with Gasteiger partial charge in [0.1, 0.15) is 5.92 Å². The van der Waals surface area contributed by atoms with Crippen molar-refractivity contribution >= 4 is 22.4 Å². The van der Waals surface area contributed by atoms with E-state index < -0.39 is 5.97 Å². The van der Waals surface area contributed by atoms with Gasteiger partial charge in [-0.2, -0.15) is 0 Å². The normalized spacial score (nSPS) is 30.4. The molecule has 5 heteroatoms. The van der Waals surface area contributed by atoms with E-state index in [0.717, 1.165) is 22.1 Å². The third-order valence-electron chi connectivity index (χ3n) is 4.19. The second kappa shape index (κ2) is 4.53. The Morgan fingerprint density at radius 3 is 2.94 bits per heavy atom. The Morgan fingerprint density at radius 1 is 1.44 bits per heavy atom. The number of anilines is 1. The quantitative estimate of drug-likeness (QED) is 0.883. The zero-order valence-corrected chi connectivity index (χ0v) is 11.3. The highest BCUT2D eigenvalue weighted by atomic mass is 32.1. The van der Waals surface area contributed by atoms with Gasteiger partial charge in [0.15, 0.2) is 5.13 Å². The summed E-state index contributed by atoms with van der Waals surface area (Å²) in [4.78, 5) is 16.8. The molecule has 3 atom stereocenters. The smallest absolute Gasteiger partial charge is 0.312 e. The van der Waals surface area contributed by atoms with Crippen molar-refractivity contribution in [2.24, 2.45) is 5.92 Å². The standard InChI is InChI=1S/C13H18N2O2S/c1-7-3-2-4-9(7)14-13-15-11-8(12(16)17)5-6-10(11)18-13/h7-9H,2-6H2,1H3,(H,14,15)(H,16,17). The molecule has 1 fully saturated rings. The van der Waals surface area contributed by atoms with Crippen LogP contribution in [-0.4, -0.2) is 22.1 Å². The molecule has 1 saturated carbocycles. The minimum Gasteiger partial charge on any atom is -0.481 e. The van der Waals surface area contributed by atoms with Crippen molar-refractivity contribution in [3.8, 4) is 0 Å². The summed E-state index contributed by atoms with van der Waals surface area (Å²) < 4.78 is 0. The van der Waals surface area contributed by atoms with Crippen LogP contribution >= 0.6 is 11.3 Å². The summed E-state index contributed by atoms with van der Waals surface area (Å²) in [5, 5.41) is 13.6. The van der Waals surface area contributed by atoms with Crippen LogP contribution in [0.25, 0.3) is 0 Å². The van der Waals surface area contributed by atoms with Gasteiger partial charge in [0.05, 0.1) is 5.69 Å². The van der Waals surface area contributed by atoms with E-state index in [9.17, 15) is 4.79 Å². The van der Waals surface area contributed by atoms with Crippen LogP contribution in [-0.2, 0) is 11.2 Å². The molecule has 2 N–H and O–H groups in total. The number of rotatable bonds is 3. The Kier molecular flexibility index (Phi) is 3.01. The fourth-order valence-electron chi connectivity index (χ4n) is 3.05. The predicted molar refractivity (Wildman–Crippen MR) is 71.2 cm³/mol. The fourth-order valence-corrected chi connectivity index (χ4v) is 4.15. The molecule has 2 aliphatic carbocycles. The summed E-state index contributed by atoms with van der Waals surface area (Å²) in [6.07, 6.45) is 5.34. The highest BCUT2D eigenvalue weighted by Gasteiger charge is 2.33. The minimum atomic E-state index is -0.736. The molecule has 98 valence electrons. The molecular formula is C13H18N2O2S. The molecular weight excluding hydrogens is 248 g/mol. The lowest BCUT2D eigenvalue weighted by Crippen LogP contribution is -2.21. The van der Waals surface area contributed by atoms with Crippen LogP contribution < -0.4 is 5.32 Å². The molecule has 1 aromatic heterocycles. The first-order chi connectivity index (χ1) is 8.65. The van der Waals surface area contributed by atoms with Gasteiger partial charge in [0.2, 0.25) is 0 Å². The van der Waals surface area contributed by atoms with Crippen LogP contribution in [0.4, 0.5) is 5.13 Å². The van der Waals surface area contributed by atoms with Crippen molar-refractivity contribution in [1.29, 1.82) is 0 Å². The lowest BCUT2D eigenvalue weighted by atomic mass is 10.1. The molecule has 0 amide bonds. The molecule has 3 unspecified atom stereocenters. The number of aliphatic carboxylic acids is 1. The van der Waals surface area contributed by atoms with Crippen LogP contribution in [0.2, 0.25) is 0 Å². The first-order valence-electron chi connectivity index (χ1n) is 6.64. The molecule has 1 heterocycles. The van der Waals surface area contributed by atoms with Crippen LogP contribution in [0.3, 0.4) is 0 Å². The maximum atomic E-state index is 11.1. The van der Waals surface area contributed by atoms with E-state index in [4.69, 9.17) is 5.11 Å². The summed E-state index contributed by atoms with van der Waals surface area (Å²) in [6, 6.07) is 0.513. The van der Waals surface area contributed by atoms with E-state index in [0.29, 0.717) is 18.4 Å². The molecule has 4 nitrogen and oxygen atoms in total. The van der Waals surface area contributed by atoms with Crippen molar-refractivity contribution in [2.75, 3.05) is 5.32 Å². The van der Waals surface area contributed by atoms with Gasteiger partial charge < -0.3 is 10.4 Å². The number of carboxylic acids is 1. The molecule has 0 radical (unpaired) electrons.